The summed E-state index contributed by atoms with van der Waals surface area (Å²) in [5.41, 5.74) is 4.88. The standard InChI is InChI=1S/C31H51NO3/c1-26(2)15-17-31(25(34)32-35-8)18-16-29(6)20(21(31)19-26)9-10-23-28(5)13-12-24(33)27(3,4)22(28)11-14-30(23,29)7/h9,21-24,33H,10-19H2,1-8H3,(H,32,34)/t21-,22-,23+,24-,28-,29+,30+,31-/m0/s1. The third-order valence-corrected chi connectivity index (χ3v) is 13.3. The van der Waals surface area contributed by atoms with Crippen molar-refractivity contribution in [3.05, 3.63) is 11.6 Å². The number of carbonyl (C=O) groups excluding carboxylic acids is 1. The second-order valence-electron chi connectivity index (χ2n) is 15.4. The second-order valence-corrected chi connectivity index (χ2v) is 15.4. The first-order valence-electron chi connectivity index (χ1n) is 14.4. The molecule has 4 saturated carbocycles. The van der Waals surface area contributed by atoms with E-state index in [-0.39, 0.29) is 44.5 Å². The maximum Gasteiger partial charge on any atom is 0.250 e. The van der Waals surface area contributed by atoms with Gasteiger partial charge in [-0.05, 0) is 109 Å². The number of carbonyl (C=O) groups is 1. The molecular weight excluding hydrogens is 434 g/mol. The van der Waals surface area contributed by atoms with Gasteiger partial charge in [-0.2, -0.15) is 0 Å². The highest BCUT2D eigenvalue weighted by Gasteiger charge is 2.69. The summed E-state index contributed by atoms with van der Waals surface area (Å²) < 4.78 is 0. The van der Waals surface area contributed by atoms with E-state index in [0.717, 1.165) is 51.4 Å². The van der Waals surface area contributed by atoms with Gasteiger partial charge >= 0.3 is 0 Å². The number of hydroxylamine groups is 1. The van der Waals surface area contributed by atoms with Crippen LogP contribution in [-0.2, 0) is 9.63 Å². The van der Waals surface area contributed by atoms with Gasteiger partial charge in [0.25, 0.3) is 0 Å². The number of fused-ring (bicyclic) bond motifs is 7. The van der Waals surface area contributed by atoms with Crippen LogP contribution in [0.25, 0.3) is 0 Å². The molecule has 0 bridgehead atoms. The van der Waals surface area contributed by atoms with Gasteiger partial charge in [-0.3, -0.25) is 9.63 Å². The van der Waals surface area contributed by atoms with Gasteiger partial charge in [-0.1, -0.05) is 60.1 Å². The molecule has 4 heteroatoms. The first-order valence-corrected chi connectivity index (χ1v) is 14.4. The Morgan fingerprint density at radius 1 is 0.943 bits per heavy atom. The normalized spacial score (nSPS) is 50.0. The monoisotopic (exact) mass is 485 g/mol. The van der Waals surface area contributed by atoms with Crippen LogP contribution < -0.4 is 5.48 Å². The Hall–Kier alpha value is -0.870. The topological polar surface area (TPSA) is 58.6 Å². The minimum Gasteiger partial charge on any atom is -0.393 e. The highest BCUT2D eigenvalue weighted by atomic mass is 16.6. The molecule has 0 aliphatic heterocycles. The Morgan fingerprint density at radius 3 is 2.31 bits per heavy atom. The first kappa shape index (κ1) is 25.8. The SMILES string of the molecule is CONC(=O)[C@]12CCC(C)(C)C[C@H]1C1=CC[C@@H]3[C@@]4(C)CC[C@H](O)C(C)(C)[C@@H]4CC[C@@]3(C)[C@]1(C)CC2. The Bertz CT molecular complexity index is 922. The zero-order valence-electron chi connectivity index (χ0n) is 23.7. The number of aliphatic hydroxyl groups excluding tert-OH is 1. The lowest BCUT2D eigenvalue weighted by molar-refractivity contribution is -0.204. The van der Waals surface area contributed by atoms with E-state index in [9.17, 15) is 9.90 Å². The molecular formula is C31H51NO3. The lowest BCUT2D eigenvalue weighted by Gasteiger charge is -2.71. The molecule has 5 aliphatic carbocycles. The summed E-state index contributed by atoms with van der Waals surface area (Å²) in [7, 11) is 1.57. The Labute approximate surface area is 214 Å². The van der Waals surface area contributed by atoms with Crippen molar-refractivity contribution < 1.29 is 14.7 Å². The molecule has 4 nitrogen and oxygen atoms in total. The minimum absolute atomic E-state index is 0.0212. The molecule has 0 unspecified atom stereocenters. The van der Waals surface area contributed by atoms with Crippen LogP contribution in [0.2, 0.25) is 0 Å². The van der Waals surface area contributed by atoms with Gasteiger partial charge in [-0.15, -0.1) is 0 Å². The zero-order valence-corrected chi connectivity index (χ0v) is 23.7. The molecule has 0 aromatic heterocycles. The average molecular weight is 486 g/mol. The van der Waals surface area contributed by atoms with E-state index in [4.69, 9.17) is 4.84 Å². The molecule has 0 aromatic carbocycles. The number of hydrogen-bond acceptors (Lipinski definition) is 3. The van der Waals surface area contributed by atoms with Gasteiger partial charge in [0.05, 0.1) is 18.6 Å². The molecule has 4 fully saturated rings. The van der Waals surface area contributed by atoms with Crippen molar-refractivity contribution in [2.24, 2.45) is 50.2 Å². The van der Waals surface area contributed by atoms with Crippen LogP contribution in [0, 0.1) is 50.2 Å². The maximum atomic E-state index is 13.6. The van der Waals surface area contributed by atoms with E-state index in [1.165, 1.54) is 12.8 Å². The van der Waals surface area contributed by atoms with E-state index in [2.05, 4.69) is 60.0 Å². The smallest absolute Gasteiger partial charge is 0.250 e. The van der Waals surface area contributed by atoms with Gasteiger partial charge in [0, 0.05) is 0 Å². The van der Waals surface area contributed by atoms with Crippen LogP contribution in [-0.4, -0.2) is 24.2 Å². The van der Waals surface area contributed by atoms with Crippen molar-refractivity contribution in [3.63, 3.8) is 0 Å². The van der Waals surface area contributed by atoms with Gasteiger partial charge in [0.1, 0.15) is 0 Å². The van der Waals surface area contributed by atoms with Crippen molar-refractivity contribution in [2.45, 2.75) is 119 Å². The number of hydrogen-bond donors (Lipinski definition) is 2. The lowest BCUT2D eigenvalue weighted by Crippen LogP contribution is -2.65. The van der Waals surface area contributed by atoms with Gasteiger partial charge in [0.15, 0.2) is 0 Å². The van der Waals surface area contributed by atoms with Gasteiger partial charge < -0.3 is 5.11 Å². The fourth-order valence-electron chi connectivity index (χ4n) is 10.8. The molecule has 0 saturated heterocycles. The summed E-state index contributed by atoms with van der Waals surface area (Å²) in [6.45, 7) is 17.2. The summed E-state index contributed by atoms with van der Waals surface area (Å²) in [6, 6.07) is 0. The maximum absolute atomic E-state index is 13.6. The molecule has 5 aliphatic rings. The fraction of sp³-hybridized carbons (Fsp3) is 0.903. The number of aliphatic hydroxyl groups is 1. The van der Waals surface area contributed by atoms with E-state index in [0.29, 0.717) is 17.8 Å². The summed E-state index contributed by atoms with van der Waals surface area (Å²) in [6.07, 6.45) is 13.3. The third kappa shape index (κ3) is 3.27. The van der Waals surface area contributed by atoms with Gasteiger partial charge in [-0.25, -0.2) is 5.48 Å². The second kappa shape index (κ2) is 7.82. The van der Waals surface area contributed by atoms with E-state index < -0.39 is 0 Å². The van der Waals surface area contributed by atoms with Crippen molar-refractivity contribution in [1.29, 1.82) is 0 Å². The van der Waals surface area contributed by atoms with Crippen LogP contribution in [0.3, 0.4) is 0 Å². The molecule has 198 valence electrons. The third-order valence-electron chi connectivity index (χ3n) is 13.3. The lowest BCUT2D eigenvalue weighted by atomic mass is 9.33. The molecule has 0 aromatic rings. The molecule has 5 rings (SSSR count). The van der Waals surface area contributed by atoms with Crippen LogP contribution in [0.4, 0.5) is 0 Å². The number of allylic oxidation sites excluding steroid dienone is 2. The van der Waals surface area contributed by atoms with Gasteiger partial charge in [0.2, 0.25) is 5.91 Å². The van der Waals surface area contributed by atoms with Crippen molar-refractivity contribution >= 4 is 5.91 Å². The summed E-state index contributed by atoms with van der Waals surface area (Å²) in [5.74, 6) is 1.60. The number of amides is 1. The average Bonchev–Trinajstić information content (AvgIpc) is 2.77. The van der Waals surface area contributed by atoms with E-state index in [1.807, 2.05) is 0 Å². The Balaban J connectivity index is 1.59. The fourth-order valence-corrected chi connectivity index (χ4v) is 10.8. The van der Waals surface area contributed by atoms with E-state index in [1.54, 1.807) is 12.7 Å². The van der Waals surface area contributed by atoms with Crippen LogP contribution >= 0.6 is 0 Å². The Morgan fingerprint density at radius 2 is 1.63 bits per heavy atom. The molecule has 2 N–H and O–H groups in total. The molecule has 0 heterocycles. The van der Waals surface area contributed by atoms with Crippen LogP contribution in [0.5, 0.6) is 0 Å². The summed E-state index contributed by atoms with van der Waals surface area (Å²) in [4.78, 5) is 18.7. The van der Waals surface area contributed by atoms with Crippen LogP contribution in [0.1, 0.15) is 113 Å². The molecule has 1 amide bonds. The largest absolute Gasteiger partial charge is 0.393 e. The van der Waals surface area contributed by atoms with Crippen molar-refractivity contribution in [2.75, 3.05) is 7.11 Å². The minimum atomic E-state index is -0.335. The van der Waals surface area contributed by atoms with Crippen molar-refractivity contribution in [3.8, 4) is 0 Å². The molecule has 35 heavy (non-hydrogen) atoms. The number of nitrogens with one attached hydrogen (secondary N) is 1. The first-order chi connectivity index (χ1) is 16.2. The quantitative estimate of drug-likeness (QED) is 0.333. The predicted molar refractivity (Wildman–Crippen MR) is 140 cm³/mol. The number of rotatable bonds is 2. The molecule has 0 radical (unpaired) electrons. The molecule has 8 atom stereocenters. The summed E-state index contributed by atoms with van der Waals surface area (Å²) >= 11 is 0. The zero-order chi connectivity index (χ0) is 25.7. The van der Waals surface area contributed by atoms with Crippen LogP contribution in [0.15, 0.2) is 11.6 Å². The summed E-state index contributed by atoms with van der Waals surface area (Å²) in [5, 5.41) is 10.9. The molecule has 0 spiro atoms. The highest BCUT2D eigenvalue weighted by Crippen LogP contribution is 2.75. The van der Waals surface area contributed by atoms with Crippen molar-refractivity contribution in [1.82, 2.24) is 5.48 Å². The highest BCUT2D eigenvalue weighted by molar-refractivity contribution is 5.83. The predicted octanol–water partition coefficient (Wildman–Crippen LogP) is 6.83. The Kier molecular flexibility index (Phi) is 5.76. The van der Waals surface area contributed by atoms with E-state index >= 15 is 0 Å².